The first-order valence-electron chi connectivity index (χ1n) is 6.95. The molecule has 2 atom stereocenters. The van der Waals surface area contributed by atoms with Crippen molar-refractivity contribution in [2.45, 2.75) is 45.8 Å². The Labute approximate surface area is 129 Å². The largest absolute Gasteiger partial charge is 0.393 e. The first-order chi connectivity index (χ1) is 8.85. The van der Waals surface area contributed by atoms with Gasteiger partial charge in [0.25, 0.3) is 0 Å². The summed E-state index contributed by atoms with van der Waals surface area (Å²) in [5.41, 5.74) is 0.386. The Kier molecular flexibility index (Phi) is 5.09. The van der Waals surface area contributed by atoms with Crippen LogP contribution in [0.1, 0.15) is 38.0 Å². The van der Waals surface area contributed by atoms with E-state index in [0.29, 0.717) is 11.3 Å². The van der Waals surface area contributed by atoms with Crippen LogP contribution in [0.4, 0.5) is 0 Å². The maximum atomic E-state index is 10.2. The first-order valence-corrected chi connectivity index (χ1v) is 8.62. The number of hydrogen-bond acceptors (Lipinski definition) is 3. The van der Waals surface area contributed by atoms with Gasteiger partial charge >= 0.3 is 0 Å². The monoisotopic (exact) mass is 345 g/mol. The molecule has 2 nitrogen and oxygen atoms in total. The van der Waals surface area contributed by atoms with Gasteiger partial charge in [-0.1, -0.05) is 13.8 Å². The fraction of sp³-hybridized carbons (Fsp3) is 0.733. The molecule has 1 aromatic heterocycles. The smallest absolute Gasteiger partial charge is 0.0581 e. The molecule has 1 saturated carbocycles. The van der Waals surface area contributed by atoms with Gasteiger partial charge in [0.2, 0.25) is 0 Å². The molecule has 0 spiro atoms. The molecular formula is C15H24BrNOS. The summed E-state index contributed by atoms with van der Waals surface area (Å²) < 4.78 is 1.17. The van der Waals surface area contributed by atoms with E-state index in [1.54, 1.807) is 11.3 Å². The Morgan fingerprint density at radius 3 is 2.89 bits per heavy atom. The van der Waals surface area contributed by atoms with Crippen LogP contribution in [-0.2, 0) is 6.54 Å². The van der Waals surface area contributed by atoms with E-state index >= 15 is 0 Å². The van der Waals surface area contributed by atoms with Crippen molar-refractivity contribution in [3.05, 3.63) is 20.8 Å². The lowest BCUT2D eigenvalue weighted by Crippen LogP contribution is -2.39. The van der Waals surface area contributed by atoms with Crippen LogP contribution in [0.15, 0.2) is 15.9 Å². The van der Waals surface area contributed by atoms with Crippen molar-refractivity contribution in [3.63, 3.8) is 0 Å². The van der Waals surface area contributed by atoms with Gasteiger partial charge in [0.1, 0.15) is 0 Å². The summed E-state index contributed by atoms with van der Waals surface area (Å²) in [4.78, 5) is 3.71. The van der Waals surface area contributed by atoms with Crippen molar-refractivity contribution in [3.8, 4) is 0 Å². The van der Waals surface area contributed by atoms with Crippen molar-refractivity contribution in [1.82, 2.24) is 4.90 Å². The van der Waals surface area contributed by atoms with E-state index < -0.39 is 0 Å². The minimum absolute atomic E-state index is 0.120. The summed E-state index contributed by atoms with van der Waals surface area (Å²) in [6.07, 6.45) is 3.11. The molecule has 0 bridgehead atoms. The average molecular weight is 346 g/mol. The zero-order chi connectivity index (χ0) is 14.0. The molecule has 1 N–H and O–H groups in total. The minimum atomic E-state index is -0.120. The molecule has 0 aliphatic heterocycles. The molecule has 0 radical (unpaired) electrons. The van der Waals surface area contributed by atoms with Gasteiger partial charge in [-0.05, 0) is 59.6 Å². The number of aliphatic hydroxyl groups is 1. The Balaban J connectivity index is 1.88. The van der Waals surface area contributed by atoms with Gasteiger partial charge in [-0.3, -0.25) is 0 Å². The zero-order valence-corrected chi connectivity index (χ0v) is 14.4. The van der Waals surface area contributed by atoms with E-state index in [2.05, 4.69) is 53.2 Å². The molecule has 1 aliphatic rings. The SMILES string of the molecule is CN(Cc1cc(Br)cs1)CC1CC(C)(C)CCC1O. The lowest BCUT2D eigenvalue weighted by Gasteiger charge is -2.40. The standard InChI is InChI=1S/C15H24BrNOS/c1-15(2)5-4-14(18)11(7-15)8-17(3)9-13-6-12(16)10-19-13/h6,10-11,14,18H,4-5,7-9H2,1-3H3. The van der Waals surface area contributed by atoms with Crippen LogP contribution < -0.4 is 0 Å². The highest BCUT2D eigenvalue weighted by Gasteiger charge is 2.34. The number of rotatable bonds is 4. The number of thiophene rings is 1. The maximum Gasteiger partial charge on any atom is 0.0581 e. The van der Waals surface area contributed by atoms with Crippen LogP contribution in [0.5, 0.6) is 0 Å². The molecule has 4 heteroatoms. The van der Waals surface area contributed by atoms with Crippen LogP contribution in [0, 0.1) is 11.3 Å². The van der Waals surface area contributed by atoms with Gasteiger partial charge in [-0.2, -0.15) is 0 Å². The van der Waals surface area contributed by atoms with Gasteiger partial charge in [0.05, 0.1) is 6.10 Å². The van der Waals surface area contributed by atoms with E-state index in [1.807, 2.05) is 0 Å². The van der Waals surface area contributed by atoms with Crippen molar-refractivity contribution in [2.24, 2.45) is 11.3 Å². The lowest BCUT2D eigenvalue weighted by atomic mass is 9.71. The summed E-state index contributed by atoms with van der Waals surface area (Å²) >= 11 is 5.29. The summed E-state index contributed by atoms with van der Waals surface area (Å²) in [5, 5.41) is 12.3. The minimum Gasteiger partial charge on any atom is -0.393 e. The van der Waals surface area contributed by atoms with Gasteiger partial charge in [-0.25, -0.2) is 0 Å². The predicted molar refractivity (Wildman–Crippen MR) is 85.5 cm³/mol. The van der Waals surface area contributed by atoms with Crippen molar-refractivity contribution < 1.29 is 5.11 Å². The zero-order valence-electron chi connectivity index (χ0n) is 12.0. The number of nitrogens with zero attached hydrogens (tertiary/aromatic N) is 1. The van der Waals surface area contributed by atoms with E-state index in [0.717, 1.165) is 32.4 Å². The molecule has 1 aromatic rings. The second-order valence-corrected chi connectivity index (χ2v) is 8.57. The van der Waals surface area contributed by atoms with Gasteiger partial charge in [0, 0.05) is 27.8 Å². The normalized spacial score (nSPS) is 26.8. The Bertz CT molecular complexity index is 418. The van der Waals surface area contributed by atoms with Crippen LogP contribution in [0.3, 0.4) is 0 Å². The number of hydrogen-bond donors (Lipinski definition) is 1. The molecule has 1 fully saturated rings. The van der Waals surface area contributed by atoms with E-state index in [-0.39, 0.29) is 6.10 Å². The predicted octanol–water partition coefficient (Wildman–Crippen LogP) is 4.13. The van der Waals surface area contributed by atoms with E-state index in [1.165, 1.54) is 9.35 Å². The number of aliphatic hydroxyl groups excluding tert-OH is 1. The Hall–Kier alpha value is 0.1000. The third-order valence-corrected chi connectivity index (χ3v) is 5.75. The van der Waals surface area contributed by atoms with Crippen molar-refractivity contribution in [2.75, 3.05) is 13.6 Å². The molecular weight excluding hydrogens is 322 g/mol. The highest BCUT2D eigenvalue weighted by molar-refractivity contribution is 9.10. The van der Waals surface area contributed by atoms with Crippen molar-refractivity contribution in [1.29, 1.82) is 0 Å². The molecule has 19 heavy (non-hydrogen) atoms. The second-order valence-electron chi connectivity index (χ2n) is 6.66. The quantitative estimate of drug-likeness (QED) is 0.886. The van der Waals surface area contributed by atoms with Gasteiger partial charge in [-0.15, -0.1) is 11.3 Å². The summed E-state index contributed by atoms with van der Waals surface area (Å²) in [6.45, 7) is 6.60. The molecule has 1 heterocycles. The highest BCUT2D eigenvalue weighted by Crippen LogP contribution is 2.39. The summed E-state index contributed by atoms with van der Waals surface area (Å²) in [5.74, 6) is 0.414. The van der Waals surface area contributed by atoms with E-state index in [4.69, 9.17) is 0 Å². The molecule has 2 unspecified atom stereocenters. The second kappa shape index (κ2) is 6.25. The molecule has 0 amide bonds. The van der Waals surface area contributed by atoms with Crippen LogP contribution >= 0.6 is 27.3 Å². The Morgan fingerprint density at radius 1 is 1.53 bits per heavy atom. The van der Waals surface area contributed by atoms with E-state index in [9.17, 15) is 5.11 Å². The average Bonchev–Trinajstić information content (AvgIpc) is 2.69. The molecule has 1 aliphatic carbocycles. The third-order valence-electron chi connectivity index (χ3n) is 4.07. The fourth-order valence-corrected chi connectivity index (χ4v) is 4.61. The highest BCUT2D eigenvalue weighted by atomic mass is 79.9. The molecule has 0 saturated heterocycles. The lowest BCUT2D eigenvalue weighted by molar-refractivity contribution is 0.00684. The van der Waals surface area contributed by atoms with Crippen LogP contribution in [0.2, 0.25) is 0 Å². The Morgan fingerprint density at radius 2 is 2.26 bits per heavy atom. The van der Waals surface area contributed by atoms with Crippen molar-refractivity contribution >= 4 is 27.3 Å². The topological polar surface area (TPSA) is 23.5 Å². The van der Waals surface area contributed by atoms with Gasteiger partial charge < -0.3 is 10.0 Å². The molecule has 108 valence electrons. The molecule has 0 aromatic carbocycles. The molecule has 2 rings (SSSR count). The fourth-order valence-electron chi connectivity index (χ4n) is 3.08. The number of halogens is 1. The third kappa shape index (κ3) is 4.55. The van der Waals surface area contributed by atoms with Gasteiger partial charge in [0.15, 0.2) is 0 Å². The van der Waals surface area contributed by atoms with Crippen LogP contribution in [0.25, 0.3) is 0 Å². The summed E-state index contributed by atoms with van der Waals surface area (Å²) in [7, 11) is 2.15. The maximum absolute atomic E-state index is 10.2. The first kappa shape index (κ1) is 15.5. The summed E-state index contributed by atoms with van der Waals surface area (Å²) in [6, 6.07) is 2.18. The van der Waals surface area contributed by atoms with Crippen LogP contribution in [-0.4, -0.2) is 29.7 Å².